The molecule has 0 amide bonds. The van der Waals surface area contributed by atoms with Gasteiger partial charge >= 0.3 is 11.6 Å². The first-order chi connectivity index (χ1) is 13.0. The number of hydrogen-bond donors (Lipinski definition) is 0. The molecule has 0 bridgehead atoms. The van der Waals surface area contributed by atoms with Crippen molar-refractivity contribution in [2.24, 2.45) is 0 Å². The maximum absolute atomic E-state index is 12.5. The Balaban J connectivity index is 1.92. The summed E-state index contributed by atoms with van der Waals surface area (Å²) in [5, 5.41) is 0.833. The molecule has 140 valence electrons. The fourth-order valence-corrected chi connectivity index (χ4v) is 2.84. The molecule has 0 N–H and O–H groups in total. The zero-order valence-electron chi connectivity index (χ0n) is 15.4. The lowest BCUT2D eigenvalue weighted by Crippen LogP contribution is -2.09. The minimum atomic E-state index is -0.571. The molecular formula is C21H20O6. The quantitative estimate of drug-likeness (QED) is 0.372. The third kappa shape index (κ3) is 4.11. The largest absolute Gasteiger partial charge is 0.497 e. The van der Waals surface area contributed by atoms with E-state index in [-0.39, 0.29) is 11.3 Å². The van der Waals surface area contributed by atoms with Gasteiger partial charge in [-0.2, -0.15) is 0 Å². The summed E-state index contributed by atoms with van der Waals surface area (Å²) in [6.45, 7) is 2.04. The molecule has 0 aliphatic heterocycles. The molecule has 1 heterocycles. The van der Waals surface area contributed by atoms with Crippen molar-refractivity contribution in [3.63, 3.8) is 0 Å². The molecule has 0 radical (unpaired) electrons. The molecule has 3 aromatic rings. The highest BCUT2D eigenvalue weighted by molar-refractivity contribution is 5.92. The lowest BCUT2D eigenvalue weighted by Gasteiger charge is -2.09. The van der Waals surface area contributed by atoms with Crippen LogP contribution >= 0.6 is 0 Å². The SMILES string of the molecule is CCCc1cc(=O)oc2cc(OC(=O)c3cc(OC)cc(OC)c3)ccc12. The number of carbonyl (C=O) groups is 1. The van der Waals surface area contributed by atoms with E-state index in [1.165, 1.54) is 20.3 Å². The minimum Gasteiger partial charge on any atom is -0.497 e. The molecule has 0 saturated carbocycles. The molecular weight excluding hydrogens is 348 g/mol. The van der Waals surface area contributed by atoms with Gasteiger partial charge in [0.1, 0.15) is 22.8 Å². The van der Waals surface area contributed by atoms with Gasteiger partial charge in [0.05, 0.1) is 19.8 Å². The van der Waals surface area contributed by atoms with Crippen LogP contribution in [0.3, 0.4) is 0 Å². The topological polar surface area (TPSA) is 75.0 Å². The number of ether oxygens (including phenoxy) is 3. The van der Waals surface area contributed by atoms with Gasteiger partial charge in [0, 0.05) is 23.6 Å². The summed E-state index contributed by atoms with van der Waals surface area (Å²) < 4.78 is 21.0. The molecule has 0 unspecified atom stereocenters. The summed E-state index contributed by atoms with van der Waals surface area (Å²) >= 11 is 0. The van der Waals surface area contributed by atoms with Crippen molar-refractivity contribution in [1.82, 2.24) is 0 Å². The van der Waals surface area contributed by atoms with E-state index in [9.17, 15) is 9.59 Å². The number of benzene rings is 2. The first kappa shape index (κ1) is 18.5. The van der Waals surface area contributed by atoms with Crippen molar-refractivity contribution < 1.29 is 23.4 Å². The second-order valence-electron chi connectivity index (χ2n) is 5.99. The number of aryl methyl sites for hydroxylation is 1. The predicted molar refractivity (Wildman–Crippen MR) is 101 cm³/mol. The number of esters is 1. The molecule has 3 rings (SSSR count). The van der Waals surface area contributed by atoms with Crippen LogP contribution in [0.15, 0.2) is 51.7 Å². The van der Waals surface area contributed by atoms with Crippen LogP contribution in [0.2, 0.25) is 0 Å². The molecule has 6 nitrogen and oxygen atoms in total. The Kier molecular flexibility index (Phi) is 5.45. The number of rotatable bonds is 6. The van der Waals surface area contributed by atoms with Gasteiger partial charge in [-0.3, -0.25) is 0 Å². The van der Waals surface area contributed by atoms with Crippen molar-refractivity contribution in [1.29, 1.82) is 0 Å². The average Bonchev–Trinajstić information content (AvgIpc) is 2.67. The van der Waals surface area contributed by atoms with Gasteiger partial charge in [-0.1, -0.05) is 13.3 Å². The lowest BCUT2D eigenvalue weighted by atomic mass is 10.1. The van der Waals surface area contributed by atoms with Crippen molar-refractivity contribution in [2.45, 2.75) is 19.8 Å². The maximum Gasteiger partial charge on any atom is 0.343 e. The Morgan fingerprint density at radius 3 is 2.30 bits per heavy atom. The van der Waals surface area contributed by atoms with Crippen LogP contribution in [0.4, 0.5) is 0 Å². The summed E-state index contributed by atoms with van der Waals surface area (Å²) in [6, 6.07) is 11.3. The fourth-order valence-electron chi connectivity index (χ4n) is 2.84. The average molecular weight is 368 g/mol. The van der Waals surface area contributed by atoms with Gasteiger partial charge in [-0.25, -0.2) is 9.59 Å². The molecule has 27 heavy (non-hydrogen) atoms. The Morgan fingerprint density at radius 2 is 1.67 bits per heavy atom. The van der Waals surface area contributed by atoms with Crippen LogP contribution in [0.25, 0.3) is 11.0 Å². The second-order valence-corrected chi connectivity index (χ2v) is 5.99. The molecule has 0 aliphatic rings. The van der Waals surface area contributed by atoms with Crippen LogP contribution in [0, 0.1) is 0 Å². The van der Waals surface area contributed by atoms with Crippen LogP contribution in [0.1, 0.15) is 29.3 Å². The Hall–Kier alpha value is -3.28. The lowest BCUT2D eigenvalue weighted by molar-refractivity contribution is 0.0734. The first-order valence-corrected chi connectivity index (χ1v) is 8.56. The zero-order valence-corrected chi connectivity index (χ0v) is 15.4. The van der Waals surface area contributed by atoms with Gasteiger partial charge in [-0.05, 0) is 36.2 Å². The third-order valence-electron chi connectivity index (χ3n) is 4.12. The summed E-state index contributed by atoms with van der Waals surface area (Å²) in [7, 11) is 3.01. The van der Waals surface area contributed by atoms with Gasteiger partial charge in [0.15, 0.2) is 0 Å². The Labute approximate surface area is 156 Å². The van der Waals surface area contributed by atoms with E-state index in [1.54, 1.807) is 36.4 Å². The highest BCUT2D eigenvalue weighted by Gasteiger charge is 2.14. The number of carbonyl (C=O) groups excluding carboxylic acids is 1. The maximum atomic E-state index is 12.5. The molecule has 6 heteroatoms. The molecule has 1 aromatic heterocycles. The van der Waals surface area contributed by atoms with Crippen molar-refractivity contribution in [3.05, 3.63) is 64.0 Å². The van der Waals surface area contributed by atoms with Crippen molar-refractivity contribution in [3.8, 4) is 17.2 Å². The number of hydrogen-bond acceptors (Lipinski definition) is 6. The van der Waals surface area contributed by atoms with E-state index in [0.29, 0.717) is 17.1 Å². The molecule has 0 atom stereocenters. The van der Waals surface area contributed by atoms with E-state index >= 15 is 0 Å². The van der Waals surface area contributed by atoms with Crippen molar-refractivity contribution in [2.75, 3.05) is 14.2 Å². The molecule has 0 aliphatic carbocycles. The summed E-state index contributed by atoms with van der Waals surface area (Å²) in [5.74, 6) is 0.676. The minimum absolute atomic E-state index is 0.283. The van der Waals surface area contributed by atoms with Gasteiger partial charge in [0.2, 0.25) is 0 Å². The summed E-state index contributed by atoms with van der Waals surface area (Å²) in [4.78, 5) is 24.3. The van der Waals surface area contributed by atoms with Crippen molar-refractivity contribution >= 4 is 16.9 Å². The van der Waals surface area contributed by atoms with Crippen LogP contribution in [0.5, 0.6) is 17.2 Å². The van der Waals surface area contributed by atoms with E-state index < -0.39 is 11.6 Å². The first-order valence-electron chi connectivity index (χ1n) is 8.56. The van der Waals surface area contributed by atoms with Gasteiger partial charge < -0.3 is 18.6 Å². The van der Waals surface area contributed by atoms with Crippen LogP contribution < -0.4 is 19.8 Å². The fraction of sp³-hybridized carbons (Fsp3) is 0.238. The van der Waals surface area contributed by atoms with Gasteiger partial charge in [0.25, 0.3) is 0 Å². The summed E-state index contributed by atoms with van der Waals surface area (Å²) in [6.07, 6.45) is 1.68. The van der Waals surface area contributed by atoms with E-state index in [2.05, 4.69) is 0 Å². The molecule has 2 aromatic carbocycles. The number of fused-ring (bicyclic) bond motifs is 1. The smallest absolute Gasteiger partial charge is 0.343 e. The van der Waals surface area contributed by atoms with Crippen LogP contribution in [-0.4, -0.2) is 20.2 Å². The molecule has 0 fully saturated rings. The van der Waals surface area contributed by atoms with Gasteiger partial charge in [-0.15, -0.1) is 0 Å². The summed E-state index contributed by atoms with van der Waals surface area (Å²) in [5.41, 5.74) is 1.16. The second kappa shape index (κ2) is 7.95. The standard InChI is InChI=1S/C21H20O6/c1-4-5-13-10-20(22)27-19-12-15(6-7-18(13)19)26-21(23)14-8-16(24-2)11-17(9-14)25-3/h6-12H,4-5H2,1-3H3. The highest BCUT2D eigenvalue weighted by Crippen LogP contribution is 2.26. The molecule has 0 saturated heterocycles. The van der Waals surface area contributed by atoms with Crippen LogP contribution in [-0.2, 0) is 6.42 Å². The normalized spacial score (nSPS) is 10.6. The van der Waals surface area contributed by atoms with E-state index in [1.807, 2.05) is 6.92 Å². The predicted octanol–water partition coefficient (Wildman–Crippen LogP) is 3.98. The Bertz CT molecular complexity index is 1010. The van der Waals surface area contributed by atoms with E-state index in [0.717, 1.165) is 23.8 Å². The third-order valence-corrected chi connectivity index (χ3v) is 4.12. The number of methoxy groups -OCH3 is 2. The van der Waals surface area contributed by atoms with E-state index in [4.69, 9.17) is 18.6 Å². The Morgan fingerprint density at radius 1 is 0.963 bits per heavy atom. The highest BCUT2D eigenvalue weighted by atomic mass is 16.5. The monoisotopic (exact) mass is 368 g/mol. The molecule has 0 spiro atoms. The zero-order chi connectivity index (χ0) is 19.4.